The van der Waals surface area contributed by atoms with Gasteiger partial charge in [0.2, 0.25) is 0 Å². The van der Waals surface area contributed by atoms with E-state index in [0.29, 0.717) is 10.9 Å². The van der Waals surface area contributed by atoms with Gasteiger partial charge in [-0.3, -0.25) is 0 Å². The van der Waals surface area contributed by atoms with Gasteiger partial charge in [-0.25, -0.2) is 4.39 Å². The second-order valence-electron chi connectivity index (χ2n) is 6.54. The molecular formula is C21H18FN3O2S. The van der Waals surface area contributed by atoms with Crippen molar-refractivity contribution in [3.8, 4) is 0 Å². The summed E-state index contributed by atoms with van der Waals surface area (Å²) in [5.41, 5.74) is 3.10. The van der Waals surface area contributed by atoms with Gasteiger partial charge in [-0.1, -0.05) is 18.2 Å². The van der Waals surface area contributed by atoms with Gasteiger partial charge < -0.3 is 4.90 Å². The van der Waals surface area contributed by atoms with Crippen LogP contribution in [-0.2, 0) is 10.0 Å². The van der Waals surface area contributed by atoms with E-state index in [1.807, 2.05) is 24.9 Å². The van der Waals surface area contributed by atoms with Gasteiger partial charge in [-0.15, -0.1) is 0 Å². The molecule has 0 aliphatic carbocycles. The highest BCUT2D eigenvalue weighted by Gasteiger charge is 2.21. The molecule has 28 heavy (non-hydrogen) atoms. The van der Waals surface area contributed by atoms with Crippen LogP contribution in [0.2, 0.25) is 0 Å². The van der Waals surface area contributed by atoms with E-state index in [-0.39, 0.29) is 10.7 Å². The number of aromatic nitrogens is 2. The summed E-state index contributed by atoms with van der Waals surface area (Å²) >= 11 is 0. The normalized spacial score (nSPS) is 11.7. The number of hydrogen-bond donors (Lipinski definition) is 0. The summed E-state index contributed by atoms with van der Waals surface area (Å²) in [5, 5.41) is 4.83. The maximum absolute atomic E-state index is 13.2. The van der Waals surface area contributed by atoms with E-state index in [9.17, 15) is 12.8 Å². The van der Waals surface area contributed by atoms with Crippen molar-refractivity contribution in [3.05, 3.63) is 84.3 Å². The summed E-state index contributed by atoms with van der Waals surface area (Å²) in [6, 6.07) is 18.1. The number of hydrogen-bond acceptors (Lipinski definition) is 4. The zero-order valence-electron chi connectivity index (χ0n) is 15.4. The molecule has 1 heterocycles. The maximum atomic E-state index is 13.2. The Balaban J connectivity index is 1.81. The lowest BCUT2D eigenvalue weighted by Crippen LogP contribution is -2.15. The van der Waals surface area contributed by atoms with Crippen molar-refractivity contribution in [1.82, 2.24) is 9.19 Å². The lowest BCUT2D eigenvalue weighted by Gasteiger charge is -2.22. The van der Waals surface area contributed by atoms with Crippen LogP contribution in [0, 0.1) is 12.7 Å². The van der Waals surface area contributed by atoms with E-state index in [0.717, 1.165) is 21.0 Å². The van der Waals surface area contributed by atoms with Crippen LogP contribution in [0.4, 0.5) is 15.8 Å². The standard InChI is InChI=1S/C21H18FN3O2S/c1-15-12-21-16(13-20(15)24(2)18-10-8-17(22)9-11-18)14-23-25(21)28(26,27)19-6-4-3-5-7-19/h3-14H,1-2H3. The van der Waals surface area contributed by atoms with Crippen molar-refractivity contribution >= 4 is 32.3 Å². The monoisotopic (exact) mass is 395 g/mol. The predicted octanol–water partition coefficient (Wildman–Crippen LogP) is 4.49. The van der Waals surface area contributed by atoms with E-state index in [4.69, 9.17) is 0 Å². The highest BCUT2D eigenvalue weighted by Crippen LogP contribution is 2.31. The van der Waals surface area contributed by atoms with Crippen molar-refractivity contribution in [2.24, 2.45) is 0 Å². The van der Waals surface area contributed by atoms with Crippen molar-refractivity contribution < 1.29 is 12.8 Å². The second kappa shape index (κ2) is 6.76. The molecule has 5 nitrogen and oxygen atoms in total. The Morgan fingerprint density at radius 3 is 2.36 bits per heavy atom. The van der Waals surface area contributed by atoms with Crippen LogP contribution >= 0.6 is 0 Å². The fourth-order valence-electron chi connectivity index (χ4n) is 3.19. The molecule has 0 radical (unpaired) electrons. The fraction of sp³-hybridized carbons (Fsp3) is 0.0952. The molecule has 4 aromatic rings. The van der Waals surface area contributed by atoms with Crippen LogP contribution in [0.15, 0.2) is 77.8 Å². The molecule has 7 heteroatoms. The van der Waals surface area contributed by atoms with Gasteiger partial charge in [0.25, 0.3) is 10.0 Å². The molecular weight excluding hydrogens is 377 g/mol. The lowest BCUT2D eigenvalue weighted by molar-refractivity contribution is 0.582. The van der Waals surface area contributed by atoms with E-state index in [1.54, 1.807) is 48.5 Å². The zero-order chi connectivity index (χ0) is 19.9. The largest absolute Gasteiger partial charge is 0.344 e. The molecule has 0 amide bonds. The molecule has 0 aliphatic heterocycles. The van der Waals surface area contributed by atoms with E-state index in [1.165, 1.54) is 18.3 Å². The molecule has 0 unspecified atom stereocenters. The fourth-order valence-corrected chi connectivity index (χ4v) is 4.48. The molecule has 0 aliphatic rings. The molecule has 4 rings (SSSR count). The third-order valence-corrected chi connectivity index (χ3v) is 6.31. The van der Waals surface area contributed by atoms with Gasteiger partial charge in [0, 0.05) is 23.8 Å². The summed E-state index contributed by atoms with van der Waals surface area (Å²) in [5.74, 6) is -0.295. The quantitative estimate of drug-likeness (QED) is 0.511. The Morgan fingerprint density at radius 2 is 1.68 bits per heavy atom. The van der Waals surface area contributed by atoms with Crippen LogP contribution in [0.25, 0.3) is 10.9 Å². The molecule has 0 spiro atoms. The first-order valence-electron chi connectivity index (χ1n) is 8.66. The van der Waals surface area contributed by atoms with Gasteiger partial charge in [-0.2, -0.15) is 17.6 Å². The first-order valence-corrected chi connectivity index (χ1v) is 10.1. The topological polar surface area (TPSA) is 55.2 Å². The van der Waals surface area contributed by atoms with Crippen LogP contribution in [0.5, 0.6) is 0 Å². The molecule has 3 aromatic carbocycles. The molecule has 0 atom stereocenters. The van der Waals surface area contributed by atoms with Gasteiger partial charge in [0.15, 0.2) is 0 Å². The van der Waals surface area contributed by atoms with E-state index >= 15 is 0 Å². The van der Waals surface area contributed by atoms with Crippen LogP contribution in [-0.4, -0.2) is 24.7 Å². The number of nitrogens with zero attached hydrogens (tertiary/aromatic N) is 3. The Kier molecular flexibility index (Phi) is 4.39. The Hall–Kier alpha value is -3.19. The minimum Gasteiger partial charge on any atom is -0.344 e. The Bertz CT molecular complexity index is 1250. The van der Waals surface area contributed by atoms with Gasteiger partial charge in [-0.05, 0) is 61.0 Å². The molecule has 0 fully saturated rings. The van der Waals surface area contributed by atoms with Gasteiger partial charge >= 0.3 is 0 Å². The number of fused-ring (bicyclic) bond motifs is 1. The Morgan fingerprint density at radius 1 is 1.00 bits per heavy atom. The lowest BCUT2D eigenvalue weighted by atomic mass is 10.1. The predicted molar refractivity (Wildman–Crippen MR) is 108 cm³/mol. The van der Waals surface area contributed by atoms with Crippen LogP contribution in [0.3, 0.4) is 0 Å². The number of benzene rings is 3. The molecule has 0 saturated heterocycles. The van der Waals surface area contributed by atoms with E-state index < -0.39 is 10.0 Å². The first-order chi connectivity index (χ1) is 13.4. The summed E-state index contributed by atoms with van der Waals surface area (Å²) in [4.78, 5) is 2.11. The highest BCUT2D eigenvalue weighted by atomic mass is 32.2. The molecule has 0 N–H and O–H groups in total. The number of halogens is 1. The van der Waals surface area contributed by atoms with Gasteiger partial charge in [0.1, 0.15) is 5.82 Å². The van der Waals surface area contributed by atoms with Crippen molar-refractivity contribution in [2.45, 2.75) is 11.8 Å². The minimum atomic E-state index is -3.78. The zero-order valence-corrected chi connectivity index (χ0v) is 16.2. The summed E-state index contributed by atoms with van der Waals surface area (Å²) < 4.78 is 40.2. The SMILES string of the molecule is Cc1cc2c(cnn2S(=O)(=O)c2ccccc2)cc1N(C)c1ccc(F)cc1. The third kappa shape index (κ3) is 3.03. The molecule has 142 valence electrons. The van der Waals surface area contributed by atoms with Crippen molar-refractivity contribution in [3.63, 3.8) is 0 Å². The smallest absolute Gasteiger partial charge is 0.283 e. The number of rotatable bonds is 4. The van der Waals surface area contributed by atoms with Gasteiger partial charge in [0.05, 0.1) is 16.6 Å². The number of aryl methyl sites for hydroxylation is 1. The van der Waals surface area contributed by atoms with E-state index in [2.05, 4.69) is 5.10 Å². The number of anilines is 2. The second-order valence-corrected chi connectivity index (χ2v) is 8.31. The van der Waals surface area contributed by atoms with Crippen molar-refractivity contribution in [1.29, 1.82) is 0 Å². The van der Waals surface area contributed by atoms with Crippen molar-refractivity contribution in [2.75, 3.05) is 11.9 Å². The highest BCUT2D eigenvalue weighted by molar-refractivity contribution is 7.90. The first kappa shape index (κ1) is 18.2. The average Bonchev–Trinajstić information content (AvgIpc) is 3.11. The summed E-state index contributed by atoms with van der Waals surface area (Å²) in [6.07, 6.45) is 1.54. The summed E-state index contributed by atoms with van der Waals surface area (Å²) in [6.45, 7) is 1.90. The van der Waals surface area contributed by atoms with Crippen LogP contribution < -0.4 is 4.90 Å². The third-order valence-electron chi connectivity index (χ3n) is 4.70. The Labute approximate surface area is 162 Å². The maximum Gasteiger partial charge on any atom is 0.283 e. The van der Waals surface area contributed by atoms with Crippen LogP contribution in [0.1, 0.15) is 5.56 Å². The molecule has 1 aromatic heterocycles. The summed E-state index contributed by atoms with van der Waals surface area (Å²) in [7, 11) is -1.90. The molecule has 0 bridgehead atoms. The average molecular weight is 395 g/mol. The minimum absolute atomic E-state index is 0.185. The molecule has 0 saturated carbocycles.